The number of urea groups is 1. The first kappa shape index (κ1) is 18.3. The highest BCUT2D eigenvalue weighted by Crippen LogP contribution is 2.18. The Labute approximate surface area is 127 Å². The van der Waals surface area contributed by atoms with Gasteiger partial charge in [-0.15, -0.1) is 0 Å². The number of aliphatic hydroxyl groups excluding tert-OH is 1. The highest BCUT2D eigenvalue weighted by Gasteiger charge is 2.14. The van der Waals surface area contributed by atoms with Crippen LogP contribution in [0.4, 0.5) is 23.7 Å². The fourth-order valence-corrected chi connectivity index (χ4v) is 2.17. The largest absolute Gasteiger partial charge is 0.396 e. The molecule has 0 saturated heterocycles. The maximum atomic E-state index is 13.4. The van der Waals surface area contributed by atoms with Crippen molar-refractivity contribution < 1.29 is 23.1 Å². The van der Waals surface area contributed by atoms with E-state index < -0.39 is 29.2 Å². The zero-order valence-corrected chi connectivity index (χ0v) is 12.6. The van der Waals surface area contributed by atoms with Gasteiger partial charge in [-0.25, -0.2) is 18.0 Å². The molecule has 0 aromatic heterocycles. The van der Waals surface area contributed by atoms with Gasteiger partial charge >= 0.3 is 6.03 Å². The molecule has 22 heavy (non-hydrogen) atoms. The van der Waals surface area contributed by atoms with Crippen molar-refractivity contribution in [1.82, 2.24) is 5.32 Å². The summed E-state index contributed by atoms with van der Waals surface area (Å²) in [5, 5.41) is 13.7. The van der Waals surface area contributed by atoms with Crippen LogP contribution in [0.2, 0.25) is 0 Å². The van der Waals surface area contributed by atoms with E-state index in [-0.39, 0.29) is 12.5 Å². The van der Waals surface area contributed by atoms with Gasteiger partial charge in [0.1, 0.15) is 5.82 Å². The highest BCUT2D eigenvalue weighted by molar-refractivity contribution is 5.89. The predicted octanol–water partition coefficient (Wildman–Crippen LogP) is 3.27. The Morgan fingerprint density at radius 1 is 1.18 bits per heavy atom. The first-order valence-electron chi connectivity index (χ1n) is 7.13. The second kappa shape index (κ2) is 8.63. The van der Waals surface area contributed by atoms with Crippen LogP contribution in [0.5, 0.6) is 0 Å². The average Bonchev–Trinajstić information content (AvgIpc) is 2.42. The molecule has 2 amide bonds. The smallest absolute Gasteiger partial charge is 0.319 e. The second-order valence-electron chi connectivity index (χ2n) is 5.59. The van der Waals surface area contributed by atoms with E-state index in [0.717, 1.165) is 6.42 Å². The van der Waals surface area contributed by atoms with Gasteiger partial charge in [-0.3, -0.25) is 0 Å². The number of benzene rings is 1. The van der Waals surface area contributed by atoms with Crippen molar-refractivity contribution in [2.24, 2.45) is 11.8 Å². The molecule has 0 aliphatic heterocycles. The van der Waals surface area contributed by atoms with Gasteiger partial charge < -0.3 is 15.7 Å². The van der Waals surface area contributed by atoms with Crippen molar-refractivity contribution in [3.05, 3.63) is 29.6 Å². The number of amides is 2. The quantitative estimate of drug-likeness (QED) is 0.676. The van der Waals surface area contributed by atoms with E-state index >= 15 is 0 Å². The van der Waals surface area contributed by atoms with Crippen LogP contribution < -0.4 is 10.6 Å². The topological polar surface area (TPSA) is 61.4 Å². The van der Waals surface area contributed by atoms with Gasteiger partial charge in [-0.1, -0.05) is 13.8 Å². The van der Waals surface area contributed by atoms with E-state index in [1.54, 1.807) is 0 Å². The number of nitrogens with one attached hydrogen (secondary N) is 2. The normalized spacial score (nSPS) is 12.3. The summed E-state index contributed by atoms with van der Waals surface area (Å²) in [6.07, 6.45) is 1.36. The summed E-state index contributed by atoms with van der Waals surface area (Å²) >= 11 is 0. The van der Waals surface area contributed by atoms with Crippen LogP contribution in [0, 0.1) is 29.3 Å². The summed E-state index contributed by atoms with van der Waals surface area (Å²) in [5.41, 5.74) is -0.432. The lowest BCUT2D eigenvalue weighted by atomic mass is 9.94. The van der Waals surface area contributed by atoms with Crippen LogP contribution in [-0.2, 0) is 0 Å². The standard InChI is InChI=1S/C15H21F3N2O2/c1-9(2)5-10(3-4-21)8-19-15(22)20-14-7-12(17)11(16)6-13(14)18/h6-7,9-10,21H,3-5,8H2,1-2H3,(H2,19,20,22). The molecule has 0 saturated carbocycles. The molecule has 1 aromatic rings. The van der Waals surface area contributed by atoms with Crippen LogP contribution >= 0.6 is 0 Å². The van der Waals surface area contributed by atoms with Gasteiger partial charge in [-0.05, 0) is 24.7 Å². The second-order valence-corrected chi connectivity index (χ2v) is 5.59. The van der Waals surface area contributed by atoms with E-state index in [1.807, 2.05) is 13.8 Å². The Morgan fingerprint density at radius 2 is 1.82 bits per heavy atom. The molecule has 1 aromatic carbocycles. The third-order valence-electron chi connectivity index (χ3n) is 3.15. The molecular weight excluding hydrogens is 297 g/mol. The van der Waals surface area contributed by atoms with Crippen LogP contribution in [-0.4, -0.2) is 24.3 Å². The summed E-state index contributed by atoms with van der Waals surface area (Å²) in [4.78, 5) is 11.7. The van der Waals surface area contributed by atoms with Gasteiger partial charge in [0.15, 0.2) is 11.6 Å². The lowest BCUT2D eigenvalue weighted by Gasteiger charge is -2.19. The first-order chi connectivity index (χ1) is 10.3. The number of halogens is 3. The molecule has 1 atom stereocenters. The van der Waals surface area contributed by atoms with Crippen molar-refractivity contribution >= 4 is 11.7 Å². The average molecular weight is 318 g/mol. The maximum Gasteiger partial charge on any atom is 0.319 e. The van der Waals surface area contributed by atoms with Gasteiger partial charge in [0.25, 0.3) is 0 Å². The summed E-state index contributed by atoms with van der Waals surface area (Å²) < 4.78 is 39.2. The lowest BCUT2D eigenvalue weighted by molar-refractivity contribution is 0.231. The molecule has 4 nitrogen and oxygen atoms in total. The van der Waals surface area contributed by atoms with Gasteiger partial charge in [0.05, 0.1) is 5.69 Å². The first-order valence-corrected chi connectivity index (χ1v) is 7.13. The maximum absolute atomic E-state index is 13.4. The lowest BCUT2D eigenvalue weighted by Crippen LogP contribution is -2.34. The van der Waals surface area contributed by atoms with E-state index in [2.05, 4.69) is 10.6 Å². The van der Waals surface area contributed by atoms with Gasteiger partial charge in [0.2, 0.25) is 0 Å². The molecule has 0 bridgehead atoms. The van der Waals surface area contributed by atoms with Gasteiger partial charge in [0, 0.05) is 25.3 Å². The molecule has 0 radical (unpaired) electrons. The Kier molecular flexibility index (Phi) is 7.17. The minimum atomic E-state index is -1.32. The molecular formula is C15H21F3N2O2. The number of carbonyl (C=O) groups is 1. The van der Waals surface area contributed by atoms with Crippen LogP contribution in [0.15, 0.2) is 12.1 Å². The number of carbonyl (C=O) groups excluding carboxylic acids is 1. The van der Waals surface area contributed by atoms with Crippen LogP contribution in [0.3, 0.4) is 0 Å². The van der Waals surface area contributed by atoms with E-state index in [0.29, 0.717) is 31.0 Å². The van der Waals surface area contributed by atoms with Crippen molar-refractivity contribution in [2.75, 3.05) is 18.5 Å². The number of hydrogen-bond acceptors (Lipinski definition) is 2. The molecule has 1 rings (SSSR count). The highest BCUT2D eigenvalue weighted by atomic mass is 19.2. The fraction of sp³-hybridized carbons (Fsp3) is 0.533. The summed E-state index contributed by atoms with van der Waals surface area (Å²) in [6, 6.07) is 0.249. The molecule has 3 N–H and O–H groups in total. The number of aliphatic hydroxyl groups is 1. The number of hydrogen-bond donors (Lipinski definition) is 3. The number of anilines is 1. The Hall–Kier alpha value is -1.76. The van der Waals surface area contributed by atoms with E-state index in [4.69, 9.17) is 5.11 Å². The van der Waals surface area contributed by atoms with Crippen molar-refractivity contribution in [3.8, 4) is 0 Å². The molecule has 0 fully saturated rings. The predicted molar refractivity (Wildman–Crippen MR) is 78.0 cm³/mol. The third kappa shape index (κ3) is 5.93. The van der Waals surface area contributed by atoms with E-state index in [1.165, 1.54) is 0 Å². The molecule has 0 aliphatic carbocycles. The Bertz CT molecular complexity index is 510. The SMILES string of the molecule is CC(C)CC(CCO)CNC(=O)Nc1cc(F)c(F)cc1F. The minimum Gasteiger partial charge on any atom is -0.396 e. The van der Waals surface area contributed by atoms with Crippen molar-refractivity contribution in [2.45, 2.75) is 26.7 Å². The van der Waals surface area contributed by atoms with E-state index in [9.17, 15) is 18.0 Å². The Balaban J connectivity index is 2.57. The zero-order chi connectivity index (χ0) is 16.7. The molecule has 0 aliphatic rings. The van der Waals surface area contributed by atoms with Gasteiger partial charge in [-0.2, -0.15) is 0 Å². The summed E-state index contributed by atoms with van der Waals surface area (Å²) in [7, 11) is 0. The Morgan fingerprint density at radius 3 is 2.41 bits per heavy atom. The molecule has 0 spiro atoms. The number of rotatable bonds is 7. The molecule has 7 heteroatoms. The van der Waals surface area contributed by atoms with Crippen molar-refractivity contribution in [1.29, 1.82) is 0 Å². The fourth-order valence-electron chi connectivity index (χ4n) is 2.17. The summed E-state index contributed by atoms with van der Waals surface area (Å²) in [6.45, 7) is 4.37. The third-order valence-corrected chi connectivity index (χ3v) is 3.15. The van der Waals surface area contributed by atoms with Crippen LogP contribution in [0.1, 0.15) is 26.7 Å². The monoisotopic (exact) mass is 318 g/mol. The zero-order valence-electron chi connectivity index (χ0n) is 12.6. The molecule has 124 valence electrons. The van der Waals surface area contributed by atoms with Crippen LogP contribution in [0.25, 0.3) is 0 Å². The summed E-state index contributed by atoms with van der Waals surface area (Å²) in [5.74, 6) is -3.11. The molecule has 0 heterocycles. The minimum absolute atomic E-state index is 0.0124. The van der Waals surface area contributed by atoms with Crippen molar-refractivity contribution in [3.63, 3.8) is 0 Å². The molecule has 1 unspecified atom stereocenters.